The summed E-state index contributed by atoms with van der Waals surface area (Å²) in [6, 6.07) is 9.94. The van der Waals surface area contributed by atoms with Gasteiger partial charge in [-0.3, -0.25) is 4.57 Å². The largest absolute Gasteiger partial charge is 0.420 e. The number of aliphatic hydroxyl groups excluding tert-OH is 1. The van der Waals surface area contributed by atoms with E-state index >= 15 is 0 Å². The fraction of sp³-hybridized carbons (Fsp3) is 0.133. The molecule has 0 aliphatic carbocycles. The summed E-state index contributed by atoms with van der Waals surface area (Å²) in [7, 11) is 0. The normalized spacial score (nSPS) is 14.0. The third-order valence-corrected chi connectivity index (χ3v) is 4.21. The lowest BCUT2D eigenvalue weighted by atomic mass is 10.1. The predicted octanol–water partition coefficient (Wildman–Crippen LogP) is 1.90. The maximum atomic E-state index is 14.0. The highest BCUT2D eigenvalue weighted by Gasteiger charge is 2.22. The van der Waals surface area contributed by atoms with Gasteiger partial charge in [-0.25, -0.2) is 13.4 Å². The molecule has 0 radical (unpaired) electrons. The van der Waals surface area contributed by atoms with Crippen LogP contribution in [0, 0.1) is 5.82 Å². The number of halogens is 1. The van der Waals surface area contributed by atoms with Crippen molar-refractivity contribution in [2.24, 2.45) is 0 Å². The van der Waals surface area contributed by atoms with Gasteiger partial charge in [0.2, 0.25) is 0 Å². The van der Waals surface area contributed by atoms with E-state index in [1.54, 1.807) is 30.3 Å². The Labute approximate surface area is 132 Å². The fourth-order valence-corrected chi connectivity index (χ4v) is 2.91. The van der Waals surface area contributed by atoms with E-state index in [1.807, 2.05) is 0 Å². The Balaban J connectivity index is 2.25. The van der Waals surface area contributed by atoms with E-state index in [1.165, 1.54) is 0 Å². The van der Waals surface area contributed by atoms with Crippen molar-refractivity contribution >= 4 is 22.2 Å². The van der Waals surface area contributed by atoms with Crippen molar-refractivity contribution < 1.29 is 22.7 Å². The minimum absolute atomic E-state index is 0.0248. The third kappa shape index (κ3) is 2.72. The quantitative estimate of drug-likeness (QED) is 0.709. The first-order chi connectivity index (χ1) is 11.0. The average Bonchev–Trinajstić information content (AvgIpc) is 2.84. The maximum Gasteiger partial charge on any atom is 0.420 e. The van der Waals surface area contributed by atoms with Gasteiger partial charge in [0, 0.05) is 12.1 Å². The second-order valence-corrected chi connectivity index (χ2v) is 5.78. The maximum absolute atomic E-state index is 14.0. The molecule has 2 aromatic carbocycles. The Morgan fingerprint density at radius 1 is 1.26 bits per heavy atom. The first kappa shape index (κ1) is 15.6. The van der Waals surface area contributed by atoms with Crippen molar-refractivity contribution in [3.8, 4) is 0 Å². The summed E-state index contributed by atoms with van der Waals surface area (Å²) >= 11 is -2.54. The lowest BCUT2D eigenvalue weighted by Gasteiger charge is -2.15. The first-order valence-electron chi connectivity index (χ1n) is 6.64. The summed E-state index contributed by atoms with van der Waals surface area (Å²) in [6.45, 7) is -0.395. The molecule has 3 aromatic rings. The lowest BCUT2D eigenvalue weighted by Crippen LogP contribution is -2.24. The molecule has 0 aliphatic heterocycles. The number of fused-ring (bicyclic) bond motifs is 1. The molecule has 0 fully saturated rings. The van der Waals surface area contributed by atoms with Crippen molar-refractivity contribution in [2.75, 3.05) is 6.61 Å². The topological polar surface area (TPSA) is 92.7 Å². The number of rotatable bonds is 4. The molecule has 0 aliphatic rings. The number of nitrogens with zero attached hydrogens (tertiary/aromatic N) is 1. The third-order valence-electron chi connectivity index (χ3n) is 3.52. The zero-order valence-electron chi connectivity index (χ0n) is 11.7. The van der Waals surface area contributed by atoms with Gasteiger partial charge < -0.3 is 14.1 Å². The van der Waals surface area contributed by atoms with Crippen molar-refractivity contribution in [1.29, 1.82) is 0 Å². The van der Waals surface area contributed by atoms with Gasteiger partial charge in [-0.15, -0.1) is 0 Å². The van der Waals surface area contributed by atoms with Crippen LogP contribution in [0.2, 0.25) is 0 Å². The van der Waals surface area contributed by atoms with Crippen LogP contribution in [-0.2, 0) is 11.1 Å². The van der Waals surface area contributed by atoms with Gasteiger partial charge in [-0.2, -0.15) is 0 Å². The Bertz CT molecular complexity index is 934. The van der Waals surface area contributed by atoms with E-state index in [0.29, 0.717) is 5.56 Å². The van der Waals surface area contributed by atoms with Gasteiger partial charge in [0.05, 0.1) is 18.2 Å². The second kappa shape index (κ2) is 6.07. The van der Waals surface area contributed by atoms with Gasteiger partial charge >= 0.3 is 5.76 Å². The van der Waals surface area contributed by atoms with E-state index in [2.05, 4.69) is 0 Å². The molecular weight excluding hydrogens is 325 g/mol. The predicted molar refractivity (Wildman–Crippen MR) is 81.1 cm³/mol. The van der Waals surface area contributed by atoms with Gasteiger partial charge in [0.15, 0.2) is 16.7 Å². The highest BCUT2D eigenvalue weighted by atomic mass is 32.2. The molecule has 0 saturated heterocycles. The highest BCUT2D eigenvalue weighted by Crippen LogP contribution is 2.25. The van der Waals surface area contributed by atoms with Crippen LogP contribution in [0.4, 0.5) is 4.39 Å². The van der Waals surface area contributed by atoms with E-state index in [4.69, 9.17) is 8.97 Å². The summed E-state index contributed by atoms with van der Waals surface area (Å²) in [5.74, 6) is -1.72. The zero-order valence-corrected chi connectivity index (χ0v) is 12.5. The number of aromatic nitrogens is 1. The van der Waals surface area contributed by atoms with Gasteiger partial charge in [0.1, 0.15) is 10.7 Å². The summed E-state index contributed by atoms with van der Waals surface area (Å²) in [5.41, 5.74) is 0.725. The summed E-state index contributed by atoms with van der Waals surface area (Å²) in [4.78, 5) is 11.7. The van der Waals surface area contributed by atoms with Crippen LogP contribution < -0.4 is 5.76 Å². The molecule has 2 atom stereocenters. The SMILES string of the molecule is O=c1oc2cc(S(=O)O)c(F)cc2n1[C@H](CO)c1ccccc1. The zero-order chi connectivity index (χ0) is 16.6. The van der Waals surface area contributed by atoms with Gasteiger partial charge in [0.25, 0.3) is 0 Å². The van der Waals surface area contributed by atoms with Crippen LogP contribution in [0.5, 0.6) is 0 Å². The van der Waals surface area contributed by atoms with Crippen LogP contribution in [0.1, 0.15) is 11.6 Å². The van der Waals surface area contributed by atoms with Gasteiger partial charge in [-0.1, -0.05) is 30.3 Å². The molecule has 0 bridgehead atoms. The molecule has 8 heteroatoms. The van der Waals surface area contributed by atoms with E-state index in [9.17, 15) is 18.5 Å². The minimum Gasteiger partial charge on any atom is -0.408 e. The number of oxazole rings is 1. The van der Waals surface area contributed by atoms with E-state index < -0.39 is 40.2 Å². The Hall–Kier alpha value is -2.29. The minimum atomic E-state index is -2.54. The van der Waals surface area contributed by atoms with Crippen molar-refractivity contribution in [3.63, 3.8) is 0 Å². The Kier molecular flexibility index (Phi) is 4.12. The smallest absolute Gasteiger partial charge is 0.408 e. The molecule has 1 heterocycles. The second-order valence-electron chi connectivity index (χ2n) is 4.85. The van der Waals surface area contributed by atoms with Crippen molar-refractivity contribution in [3.05, 3.63) is 64.4 Å². The summed E-state index contributed by atoms with van der Waals surface area (Å²) in [6.07, 6.45) is 0. The van der Waals surface area contributed by atoms with Crippen LogP contribution in [-0.4, -0.2) is 25.0 Å². The average molecular weight is 337 g/mol. The highest BCUT2D eigenvalue weighted by molar-refractivity contribution is 7.79. The number of aliphatic hydroxyl groups is 1. The van der Waals surface area contributed by atoms with Crippen LogP contribution in [0.25, 0.3) is 11.1 Å². The van der Waals surface area contributed by atoms with E-state index in [0.717, 1.165) is 16.7 Å². The summed E-state index contributed by atoms with van der Waals surface area (Å²) < 4.78 is 40.2. The van der Waals surface area contributed by atoms with Crippen LogP contribution in [0.3, 0.4) is 0 Å². The molecule has 1 unspecified atom stereocenters. The molecule has 0 amide bonds. The Morgan fingerprint density at radius 3 is 2.57 bits per heavy atom. The molecule has 23 heavy (non-hydrogen) atoms. The molecular formula is C15H12FNO5S. The molecule has 120 valence electrons. The standard InChI is InChI=1S/C15H12FNO5S/c16-10-6-11-13(7-14(10)23(20)21)22-15(19)17(11)12(8-18)9-4-2-1-3-5-9/h1-7,12,18H,8H2,(H,20,21)/t12-/m1/s1. The number of hydrogen-bond acceptors (Lipinski definition) is 4. The number of hydrogen-bond donors (Lipinski definition) is 2. The molecule has 1 aromatic heterocycles. The van der Waals surface area contributed by atoms with Crippen molar-refractivity contribution in [1.82, 2.24) is 4.57 Å². The molecule has 0 spiro atoms. The monoisotopic (exact) mass is 337 g/mol. The van der Waals surface area contributed by atoms with Crippen LogP contribution >= 0.6 is 0 Å². The summed E-state index contributed by atoms with van der Waals surface area (Å²) in [5, 5.41) is 9.66. The fourth-order valence-electron chi connectivity index (χ4n) is 2.48. The molecule has 0 saturated carbocycles. The number of benzene rings is 2. The molecule has 3 rings (SSSR count). The lowest BCUT2D eigenvalue weighted by molar-refractivity contribution is 0.245. The molecule has 6 nitrogen and oxygen atoms in total. The van der Waals surface area contributed by atoms with E-state index in [-0.39, 0.29) is 11.1 Å². The van der Waals surface area contributed by atoms with Crippen molar-refractivity contribution in [2.45, 2.75) is 10.9 Å². The Morgan fingerprint density at radius 2 is 1.96 bits per heavy atom. The van der Waals surface area contributed by atoms with Crippen LogP contribution in [0.15, 0.2) is 56.6 Å². The van der Waals surface area contributed by atoms with Gasteiger partial charge in [-0.05, 0) is 5.56 Å². The first-order valence-corrected chi connectivity index (χ1v) is 7.75. The molecule has 2 N–H and O–H groups in total.